The SMILES string of the molecule is CCCOc1ccccc1/C=C/C(=O)Nc1ccccc1OCCC. The summed E-state index contributed by atoms with van der Waals surface area (Å²) < 4.78 is 11.4. The first-order valence-corrected chi connectivity index (χ1v) is 8.67. The number of anilines is 1. The fourth-order valence-corrected chi connectivity index (χ4v) is 2.21. The number of rotatable bonds is 9. The van der Waals surface area contributed by atoms with Gasteiger partial charge in [-0.05, 0) is 37.1 Å². The highest BCUT2D eigenvalue weighted by atomic mass is 16.5. The predicted molar refractivity (Wildman–Crippen MR) is 102 cm³/mol. The van der Waals surface area contributed by atoms with Gasteiger partial charge in [-0.1, -0.05) is 44.2 Å². The Kier molecular flexibility index (Phi) is 7.57. The predicted octanol–water partition coefficient (Wildman–Crippen LogP) is 4.92. The molecule has 0 heterocycles. The summed E-state index contributed by atoms with van der Waals surface area (Å²) >= 11 is 0. The van der Waals surface area contributed by atoms with Gasteiger partial charge in [0.05, 0.1) is 18.9 Å². The first-order valence-electron chi connectivity index (χ1n) is 8.67. The maximum atomic E-state index is 12.2. The third kappa shape index (κ3) is 5.99. The quantitative estimate of drug-likeness (QED) is 0.660. The number of carbonyl (C=O) groups excluding carboxylic acids is 1. The Morgan fingerprint density at radius 3 is 2.24 bits per heavy atom. The second-order valence-electron chi connectivity index (χ2n) is 5.55. The van der Waals surface area contributed by atoms with Gasteiger partial charge in [0, 0.05) is 11.6 Å². The van der Waals surface area contributed by atoms with Crippen LogP contribution in [0.25, 0.3) is 6.08 Å². The molecule has 0 aliphatic carbocycles. The molecule has 0 bridgehead atoms. The van der Waals surface area contributed by atoms with Crippen molar-refractivity contribution >= 4 is 17.7 Å². The molecule has 1 N–H and O–H groups in total. The lowest BCUT2D eigenvalue weighted by molar-refractivity contribution is -0.111. The van der Waals surface area contributed by atoms with Crippen LogP contribution in [0.3, 0.4) is 0 Å². The molecule has 0 unspecified atom stereocenters. The summed E-state index contributed by atoms with van der Waals surface area (Å²) in [5, 5.41) is 2.86. The fourth-order valence-electron chi connectivity index (χ4n) is 2.21. The van der Waals surface area contributed by atoms with Crippen molar-refractivity contribution in [2.24, 2.45) is 0 Å². The van der Waals surface area contributed by atoms with E-state index in [1.165, 1.54) is 6.08 Å². The fraction of sp³-hybridized carbons (Fsp3) is 0.286. The van der Waals surface area contributed by atoms with Crippen LogP contribution in [0.1, 0.15) is 32.3 Å². The van der Waals surface area contributed by atoms with Gasteiger partial charge in [0.1, 0.15) is 11.5 Å². The minimum Gasteiger partial charge on any atom is -0.493 e. The molecule has 0 fully saturated rings. The highest BCUT2D eigenvalue weighted by Gasteiger charge is 2.06. The van der Waals surface area contributed by atoms with Crippen molar-refractivity contribution in [3.63, 3.8) is 0 Å². The van der Waals surface area contributed by atoms with E-state index in [0.717, 1.165) is 24.2 Å². The monoisotopic (exact) mass is 339 g/mol. The second-order valence-corrected chi connectivity index (χ2v) is 5.55. The van der Waals surface area contributed by atoms with Gasteiger partial charge in [-0.2, -0.15) is 0 Å². The molecule has 0 spiro atoms. The van der Waals surface area contributed by atoms with E-state index >= 15 is 0 Å². The summed E-state index contributed by atoms with van der Waals surface area (Å²) in [6.07, 6.45) is 5.12. The van der Waals surface area contributed by atoms with Crippen molar-refractivity contribution in [2.75, 3.05) is 18.5 Å². The Bertz CT molecular complexity index is 710. The van der Waals surface area contributed by atoms with Crippen LogP contribution >= 0.6 is 0 Å². The lowest BCUT2D eigenvalue weighted by Gasteiger charge is -2.11. The number of para-hydroxylation sites is 3. The molecule has 0 aromatic heterocycles. The average Bonchev–Trinajstić information content (AvgIpc) is 2.64. The van der Waals surface area contributed by atoms with Crippen molar-refractivity contribution < 1.29 is 14.3 Å². The zero-order valence-corrected chi connectivity index (χ0v) is 14.8. The highest BCUT2D eigenvalue weighted by Crippen LogP contribution is 2.24. The Balaban J connectivity index is 2.04. The number of ether oxygens (including phenoxy) is 2. The number of amides is 1. The lowest BCUT2D eigenvalue weighted by Crippen LogP contribution is -2.09. The van der Waals surface area contributed by atoms with Gasteiger partial charge in [-0.3, -0.25) is 4.79 Å². The molecule has 1 amide bonds. The highest BCUT2D eigenvalue weighted by molar-refractivity contribution is 6.02. The number of carbonyl (C=O) groups is 1. The molecule has 0 saturated heterocycles. The molecule has 2 rings (SSSR count). The normalized spacial score (nSPS) is 10.6. The molecule has 0 saturated carbocycles. The summed E-state index contributed by atoms with van der Waals surface area (Å²) in [5.41, 5.74) is 1.54. The number of benzene rings is 2. The number of nitrogens with one attached hydrogen (secondary N) is 1. The molecule has 0 aliphatic heterocycles. The first kappa shape index (κ1) is 18.6. The molecule has 4 nitrogen and oxygen atoms in total. The zero-order chi connectivity index (χ0) is 17.9. The van der Waals surface area contributed by atoms with Crippen LogP contribution in [0.4, 0.5) is 5.69 Å². The number of hydrogen-bond donors (Lipinski definition) is 1. The topological polar surface area (TPSA) is 47.6 Å². The molecular formula is C21H25NO3. The van der Waals surface area contributed by atoms with Gasteiger partial charge in [0.25, 0.3) is 0 Å². The molecule has 2 aromatic carbocycles. The van der Waals surface area contributed by atoms with Crippen molar-refractivity contribution in [3.05, 3.63) is 60.2 Å². The van der Waals surface area contributed by atoms with Crippen LogP contribution in [0.2, 0.25) is 0 Å². The number of hydrogen-bond acceptors (Lipinski definition) is 3. The maximum Gasteiger partial charge on any atom is 0.248 e. The molecule has 4 heteroatoms. The van der Waals surface area contributed by atoms with E-state index in [0.29, 0.717) is 24.7 Å². The Morgan fingerprint density at radius 1 is 0.920 bits per heavy atom. The van der Waals surface area contributed by atoms with Gasteiger partial charge in [0.15, 0.2) is 0 Å². The second kappa shape index (κ2) is 10.2. The van der Waals surface area contributed by atoms with Crippen molar-refractivity contribution in [3.8, 4) is 11.5 Å². The van der Waals surface area contributed by atoms with Crippen LogP contribution in [0.5, 0.6) is 11.5 Å². The van der Waals surface area contributed by atoms with Gasteiger partial charge < -0.3 is 14.8 Å². The molecule has 0 radical (unpaired) electrons. The first-order chi connectivity index (χ1) is 12.2. The van der Waals surface area contributed by atoms with Crippen LogP contribution < -0.4 is 14.8 Å². The van der Waals surface area contributed by atoms with E-state index in [1.807, 2.05) is 55.5 Å². The summed E-state index contributed by atoms with van der Waals surface area (Å²) in [7, 11) is 0. The smallest absolute Gasteiger partial charge is 0.248 e. The van der Waals surface area contributed by atoms with Gasteiger partial charge in [-0.25, -0.2) is 0 Å². The Morgan fingerprint density at radius 2 is 1.52 bits per heavy atom. The molecule has 0 atom stereocenters. The van der Waals surface area contributed by atoms with E-state index in [-0.39, 0.29) is 5.91 Å². The van der Waals surface area contributed by atoms with Crippen molar-refractivity contribution in [1.82, 2.24) is 0 Å². The molecule has 132 valence electrons. The zero-order valence-electron chi connectivity index (χ0n) is 14.8. The standard InChI is InChI=1S/C21H25NO3/c1-3-15-24-19-11-7-5-9-17(19)13-14-21(23)22-18-10-6-8-12-20(18)25-16-4-2/h5-14H,3-4,15-16H2,1-2H3,(H,22,23)/b14-13+. The lowest BCUT2D eigenvalue weighted by atomic mass is 10.2. The van der Waals surface area contributed by atoms with Crippen LogP contribution in [-0.4, -0.2) is 19.1 Å². The van der Waals surface area contributed by atoms with Gasteiger partial charge in [0.2, 0.25) is 5.91 Å². The summed E-state index contributed by atoms with van der Waals surface area (Å²) in [6, 6.07) is 15.1. The molecule has 25 heavy (non-hydrogen) atoms. The van der Waals surface area contributed by atoms with Crippen LogP contribution in [0, 0.1) is 0 Å². The van der Waals surface area contributed by atoms with E-state index < -0.39 is 0 Å². The van der Waals surface area contributed by atoms with Crippen molar-refractivity contribution in [1.29, 1.82) is 0 Å². The third-order valence-electron chi connectivity index (χ3n) is 3.40. The molecular weight excluding hydrogens is 314 g/mol. The van der Waals surface area contributed by atoms with Gasteiger partial charge in [-0.15, -0.1) is 0 Å². The van der Waals surface area contributed by atoms with Gasteiger partial charge >= 0.3 is 0 Å². The van der Waals surface area contributed by atoms with E-state index in [2.05, 4.69) is 12.2 Å². The third-order valence-corrected chi connectivity index (χ3v) is 3.40. The largest absolute Gasteiger partial charge is 0.493 e. The molecule has 0 aliphatic rings. The molecule has 2 aromatic rings. The summed E-state index contributed by atoms with van der Waals surface area (Å²) in [6.45, 7) is 5.37. The van der Waals surface area contributed by atoms with Crippen molar-refractivity contribution in [2.45, 2.75) is 26.7 Å². The minimum atomic E-state index is -0.210. The summed E-state index contributed by atoms with van der Waals surface area (Å²) in [5.74, 6) is 1.25. The Labute approximate surface area is 149 Å². The average molecular weight is 339 g/mol. The van der Waals surface area contributed by atoms with Crippen LogP contribution in [0.15, 0.2) is 54.6 Å². The van der Waals surface area contributed by atoms with Crippen LogP contribution in [-0.2, 0) is 4.79 Å². The van der Waals surface area contributed by atoms with E-state index in [9.17, 15) is 4.79 Å². The minimum absolute atomic E-state index is 0.210. The summed E-state index contributed by atoms with van der Waals surface area (Å²) in [4.78, 5) is 12.2. The maximum absolute atomic E-state index is 12.2. The van der Waals surface area contributed by atoms with E-state index in [4.69, 9.17) is 9.47 Å². The Hall–Kier alpha value is -2.75. The van der Waals surface area contributed by atoms with E-state index in [1.54, 1.807) is 6.08 Å².